The van der Waals surface area contributed by atoms with E-state index in [1.165, 1.54) is 0 Å². The molecule has 0 radical (unpaired) electrons. The molecular weight excluding hydrogens is 264 g/mol. The maximum Gasteiger partial charge on any atom is 0.225 e. The van der Waals surface area contributed by atoms with Crippen molar-refractivity contribution in [2.75, 3.05) is 25.0 Å². The number of benzene rings is 1. The Labute approximate surface area is 125 Å². The second-order valence-electron chi connectivity index (χ2n) is 5.82. The summed E-state index contributed by atoms with van der Waals surface area (Å²) in [6, 6.07) is 9.31. The van der Waals surface area contributed by atoms with Crippen molar-refractivity contribution in [2.45, 2.75) is 25.8 Å². The van der Waals surface area contributed by atoms with E-state index in [0.29, 0.717) is 30.1 Å². The molecule has 3 N–H and O–H groups in total. The zero-order valence-electron chi connectivity index (χ0n) is 12.4. The fourth-order valence-electron chi connectivity index (χ4n) is 2.86. The number of carbonyl (C=O) groups is 1. The maximum atomic E-state index is 12.0. The fourth-order valence-corrected chi connectivity index (χ4v) is 2.86. The molecule has 1 aromatic carbocycles. The molecule has 0 aliphatic carbocycles. The third kappa shape index (κ3) is 4.55. The standard InChI is InChI=1S/C16H22N4O/c1-12-8-14(18)11-20(10-12)7-6-16(21)19-15-5-3-2-4-13(15)9-17/h2-5,12,14H,6-8,10-11,18H2,1H3,(H,19,21). The number of anilines is 1. The third-order valence-electron chi connectivity index (χ3n) is 3.74. The minimum absolute atomic E-state index is 0.0653. The molecule has 2 rings (SSSR count). The Bertz CT molecular complexity index is 527. The van der Waals surface area contributed by atoms with Crippen molar-refractivity contribution in [2.24, 2.45) is 11.7 Å². The van der Waals surface area contributed by atoms with E-state index in [1.54, 1.807) is 18.2 Å². The van der Waals surface area contributed by atoms with Crippen LogP contribution in [0.3, 0.4) is 0 Å². The summed E-state index contributed by atoms with van der Waals surface area (Å²) in [5.41, 5.74) is 7.07. The lowest BCUT2D eigenvalue weighted by atomic mass is 9.96. The van der Waals surface area contributed by atoms with Gasteiger partial charge in [-0.25, -0.2) is 0 Å². The number of rotatable bonds is 4. The Hall–Kier alpha value is -1.90. The van der Waals surface area contributed by atoms with E-state index in [2.05, 4.69) is 23.2 Å². The highest BCUT2D eigenvalue weighted by Gasteiger charge is 2.22. The van der Waals surface area contributed by atoms with Crippen molar-refractivity contribution in [3.63, 3.8) is 0 Å². The fraction of sp³-hybridized carbons (Fsp3) is 0.500. The van der Waals surface area contributed by atoms with Gasteiger partial charge in [-0.3, -0.25) is 4.79 Å². The van der Waals surface area contributed by atoms with Crippen molar-refractivity contribution in [3.05, 3.63) is 29.8 Å². The highest BCUT2D eigenvalue weighted by atomic mass is 16.1. The SMILES string of the molecule is CC1CC(N)CN(CCC(=O)Nc2ccccc2C#N)C1. The van der Waals surface area contributed by atoms with Crippen LogP contribution in [0.15, 0.2) is 24.3 Å². The molecule has 0 bridgehead atoms. The van der Waals surface area contributed by atoms with Crippen molar-refractivity contribution >= 4 is 11.6 Å². The largest absolute Gasteiger partial charge is 0.327 e. The molecule has 2 unspecified atom stereocenters. The van der Waals surface area contributed by atoms with Crippen LogP contribution in [-0.4, -0.2) is 36.5 Å². The molecule has 1 aliphatic rings. The van der Waals surface area contributed by atoms with Crippen molar-refractivity contribution in [1.82, 2.24) is 4.90 Å². The number of amides is 1. The van der Waals surface area contributed by atoms with Crippen molar-refractivity contribution in [1.29, 1.82) is 5.26 Å². The highest BCUT2D eigenvalue weighted by Crippen LogP contribution is 2.16. The van der Waals surface area contributed by atoms with Gasteiger partial charge in [0.15, 0.2) is 0 Å². The lowest BCUT2D eigenvalue weighted by molar-refractivity contribution is -0.116. The Kier molecular flexibility index (Phi) is 5.32. The Morgan fingerprint density at radius 1 is 1.48 bits per heavy atom. The van der Waals surface area contributed by atoms with Crippen LogP contribution >= 0.6 is 0 Å². The molecule has 0 saturated carbocycles. The van der Waals surface area contributed by atoms with Crippen LogP contribution < -0.4 is 11.1 Å². The van der Waals surface area contributed by atoms with Crippen molar-refractivity contribution in [3.8, 4) is 6.07 Å². The highest BCUT2D eigenvalue weighted by molar-refractivity contribution is 5.92. The summed E-state index contributed by atoms with van der Waals surface area (Å²) < 4.78 is 0. The van der Waals surface area contributed by atoms with Gasteiger partial charge in [0.2, 0.25) is 5.91 Å². The third-order valence-corrected chi connectivity index (χ3v) is 3.74. The molecule has 5 heteroatoms. The Morgan fingerprint density at radius 2 is 2.24 bits per heavy atom. The number of nitrogens with one attached hydrogen (secondary N) is 1. The van der Waals surface area contributed by atoms with E-state index in [4.69, 9.17) is 11.0 Å². The van der Waals surface area contributed by atoms with E-state index >= 15 is 0 Å². The zero-order valence-corrected chi connectivity index (χ0v) is 12.4. The van der Waals surface area contributed by atoms with Gasteiger partial charge in [0.1, 0.15) is 6.07 Å². The molecule has 21 heavy (non-hydrogen) atoms. The van der Waals surface area contributed by atoms with Gasteiger partial charge in [-0.2, -0.15) is 5.26 Å². The van der Waals surface area contributed by atoms with Gasteiger partial charge in [0, 0.05) is 32.1 Å². The quantitative estimate of drug-likeness (QED) is 0.880. The smallest absolute Gasteiger partial charge is 0.225 e. The average Bonchev–Trinajstić information content (AvgIpc) is 2.45. The lowest BCUT2D eigenvalue weighted by Crippen LogP contribution is -2.47. The summed E-state index contributed by atoms with van der Waals surface area (Å²) >= 11 is 0. The lowest BCUT2D eigenvalue weighted by Gasteiger charge is -2.34. The molecule has 0 aromatic heterocycles. The van der Waals surface area contributed by atoms with Crippen LogP contribution in [0.1, 0.15) is 25.3 Å². The molecule has 5 nitrogen and oxygen atoms in total. The minimum atomic E-state index is -0.0653. The topological polar surface area (TPSA) is 82.2 Å². The summed E-state index contributed by atoms with van der Waals surface area (Å²) in [6.07, 6.45) is 1.47. The van der Waals surface area contributed by atoms with Crippen molar-refractivity contribution < 1.29 is 4.79 Å². The van der Waals surface area contributed by atoms with Crippen LogP contribution in [0.5, 0.6) is 0 Å². The number of carbonyl (C=O) groups excluding carboxylic acids is 1. The molecule has 0 spiro atoms. The van der Waals surface area contributed by atoms with Crippen LogP contribution in [0.25, 0.3) is 0 Å². The van der Waals surface area contributed by atoms with Gasteiger partial charge in [-0.1, -0.05) is 19.1 Å². The van der Waals surface area contributed by atoms with Crippen LogP contribution in [0.4, 0.5) is 5.69 Å². The van der Waals surface area contributed by atoms with Gasteiger partial charge >= 0.3 is 0 Å². The van der Waals surface area contributed by atoms with E-state index in [0.717, 1.165) is 19.5 Å². The van der Waals surface area contributed by atoms with E-state index in [1.807, 2.05) is 6.07 Å². The predicted octanol–water partition coefficient (Wildman–Crippen LogP) is 1.56. The van der Waals surface area contributed by atoms with Gasteiger partial charge in [0.05, 0.1) is 11.3 Å². The first-order chi connectivity index (χ1) is 10.1. The van der Waals surface area contributed by atoms with E-state index in [9.17, 15) is 4.79 Å². The molecule has 1 amide bonds. The monoisotopic (exact) mass is 286 g/mol. The molecule has 1 aromatic rings. The Balaban J connectivity index is 1.84. The molecule has 1 fully saturated rings. The molecule has 2 atom stereocenters. The van der Waals surface area contributed by atoms with Gasteiger partial charge in [-0.05, 0) is 24.5 Å². The first-order valence-corrected chi connectivity index (χ1v) is 7.35. The van der Waals surface area contributed by atoms with Gasteiger partial charge in [-0.15, -0.1) is 0 Å². The second-order valence-corrected chi connectivity index (χ2v) is 5.82. The number of hydrogen-bond donors (Lipinski definition) is 2. The Morgan fingerprint density at radius 3 is 2.95 bits per heavy atom. The van der Waals surface area contributed by atoms with Crippen LogP contribution in [0.2, 0.25) is 0 Å². The number of piperidine rings is 1. The number of nitrogens with two attached hydrogens (primary N) is 1. The minimum Gasteiger partial charge on any atom is -0.327 e. The number of nitrogens with zero attached hydrogens (tertiary/aromatic N) is 2. The maximum absolute atomic E-state index is 12.0. The summed E-state index contributed by atoms with van der Waals surface area (Å²) in [5, 5.41) is 11.8. The summed E-state index contributed by atoms with van der Waals surface area (Å²) in [6.45, 7) is 4.75. The second kappa shape index (κ2) is 7.21. The summed E-state index contributed by atoms with van der Waals surface area (Å²) in [7, 11) is 0. The average molecular weight is 286 g/mol. The van der Waals surface area contributed by atoms with E-state index < -0.39 is 0 Å². The molecule has 1 aliphatic heterocycles. The zero-order chi connectivity index (χ0) is 15.2. The van der Waals surface area contributed by atoms with Gasteiger partial charge in [0.25, 0.3) is 0 Å². The van der Waals surface area contributed by atoms with Crippen LogP contribution in [-0.2, 0) is 4.79 Å². The number of hydrogen-bond acceptors (Lipinski definition) is 4. The molecule has 1 heterocycles. The first-order valence-electron chi connectivity index (χ1n) is 7.35. The van der Waals surface area contributed by atoms with Crippen LogP contribution in [0, 0.1) is 17.2 Å². The summed E-state index contributed by atoms with van der Waals surface area (Å²) in [4.78, 5) is 14.3. The summed E-state index contributed by atoms with van der Waals surface area (Å²) in [5.74, 6) is 0.514. The first kappa shape index (κ1) is 15.5. The number of likely N-dealkylation sites (tertiary alicyclic amines) is 1. The number of nitriles is 1. The molecule has 112 valence electrons. The molecule has 1 saturated heterocycles. The molecular formula is C16H22N4O. The predicted molar refractivity (Wildman–Crippen MR) is 82.6 cm³/mol. The normalized spacial score (nSPS) is 22.5. The van der Waals surface area contributed by atoms with E-state index in [-0.39, 0.29) is 11.9 Å². The number of para-hydroxylation sites is 1. The van der Waals surface area contributed by atoms with Gasteiger partial charge < -0.3 is 16.0 Å².